The van der Waals surface area contributed by atoms with Crippen molar-refractivity contribution in [1.82, 2.24) is 0 Å². The fourth-order valence-corrected chi connectivity index (χ4v) is 2.47. The summed E-state index contributed by atoms with van der Waals surface area (Å²) in [6, 6.07) is 9.34. The Balaban J connectivity index is 2.75. The summed E-state index contributed by atoms with van der Waals surface area (Å²) in [4.78, 5) is 11.2. The van der Waals surface area contributed by atoms with Gasteiger partial charge < -0.3 is 4.74 Å². The Morgan fingerprint density at radius 3 is 2.53 bits per heavy atom. The molecule has 0 N–H and O–H groups in total. The second kappa shape index (κ2) is 5.45. The van der Waals surface area contributed by atoms with E-state index < -0.39 is 0 Å². The number of methoxy groups -OCH3 is 1. The van der Waals surface area contributed by atoms with E-state index >= 15 is 0 Å². The average molecular weight is 275 g/mol. The molecule has 0 radical (unpaired) electrons. The first-order valence-electron chi connectivity index (χ1n) is 5.97. The Labute approximate surface area is 118 Å². The molecule has 0 aliphatic rings. The van der Waals surface area contributed by atoms with Crippen molar-refractivity contribution in [2.75, 3.05) is 7.11 Å². The lowest BCUT2D eigenvalue weighted by atomic mass is 9.94. The van der Waals surface area contributed by atoms with Crippen molar-refractivity contribution in [2.24, 2.45) is 0 Å². The third kappa shape index (κ3) is 2.64. The summed E-state index contributed by atoms with van der Waals surface area (Å²) in [6.45, 7) is 4.02. The number of hydrogen-bond acceptors (Lipinski definition) is 2. The largest absolute Gasteiger partial charge is 0.496 e. The van der Waals surface area contributed by atoms with Crippen molar-refractivity contribution in [2.45, 2.75) is 13.8 Å². The van der Waals surface area contributed by atoms with Crippen LogP contribution in [-0.2, 0) is 0 Å². The lowest BCUT2D eigenvalue weighted by Crippen LogP contribution is -1.96. The Kier molecular flexibility index (Phi) is 3.91. The van der Waals surface area contributed by atoms with E-state index in [1.807, 2.05) is 26.0 Å². The predicted molar refractivity (Wildman–Crippen MR) is 78.3 cm³/mol. The van der Waals surface area contributed by atoms with E-state index in [1.165, 1.54) is 0 Å². The minimum absolute atomic E-state index is 0.551. The van der Waals surface area contributed by atoms with Gasteiger partial charge in [-0.3, -0.25) is 4.79 Å². The first kappa shape index (κ1) is 13.6. The van der Waals surface area contributed by atoms with E-state index in [4.69, 9.17) is 16.3 Å². The van der Waals surface area contributed by atoms with Crippen LogP contribution in [0.15, 0.2) is 30.3 Å². The van der Waals surface area contributed by atoms with Gasteiger partial charge in [0.05, 0.1) is 7.11 Å². The third-order valence-corrected chi connectivity index (χ3v) is 3.31. The van der Waals surface area contributed by atoms with E-state index in [2.05, 4.69) is 6.07 Å². The van der Waals surface area contributed by atoms with Gasteiger partial charge in [-0.15, -0.1) is 0 Å². The molecule has 0 amide bonds. The molecular weight excluding hydrogens is 260 g/mol. The molecule has 0 heterocycles. The molecule has 0 saturated heterocycles. The van der Waals surface area contributed by atoms with Crippen LogP contribution in [0.3, 0.4) is 0 Å². The number of carbonyl (C=O) groups excluding carboxylic acids is 1. The maximum atomic E-state index is 11.2. The fraction of sp³-hybridized carbons (Fsp3) is 0.188. The zero-order chi connectivity index (χ0) is 14.0. The van der Waals surface area contributed by atoms with Crippen molar-refractivity contribution >= 4 is 17.9 Å². The molecule has 0 unspecified atom stereocenters. The van der Waals surface area contributed by atoms with Gasteiger partial charge in [-0.1, -0.05) is 23.7 Å². The molecule has 98 valence electrons. The molecule has 0 atom stereocenters. The van der Waals surface area contributed by atoms with Gasteiger partial charge >= 0.3 is 0 Å². The Morgan fingerprint density at radius 1 is 1.16 bits per heavy atom. The van der Waals surface area contributed by atoms with Crippen LogP contribution >= 0.6 is 11.6 Å². The van der Waals surface area contributed by atoms with Crippen LogP contribution < -0.4 is 4.74 Å². The van der Waals surface area contributed by atoms with Gasteiger partial charge in [-0.2, -0.15) is 0 Å². The molecule has 0 fully saturated rings. The van der Waals surface area contributed by atoms with Crippen molar-refractivity contribution in [3.63, 3.8) is 0 Å². The van der Waals surface area contributed by atoms with Gasteiger partial charge in [0.1, 0.15) is 5.75 Å². The molecule has 2 aromatic carbocycles. The van der Waals surface area contributed by atoms with Crippen molar-refractivity contribution in [1.29, 1.82) is 0 Å². The predicted octanol–water partition coefficient (Wildman–Crippen LogP) is 4.44. The summed E-state index contributed by atoms with van der Waals surface area (Å²) < 4.78 is 5.44. The molecule has 0 bridgehead atoms. The number of aryl methyl sites for hydroxylation is 2. The van der Waals surface area contributed by atoms with Gasteiger partial charge in [0, 0.05) is 16.1 Å². The van der Waals surface area contributed by atoms with Crippen LogP contribution in [0, 0.1) is 13.8 Å². The standard InChI is InChI=1S/C16H15ClO2/c1-10-6-11(2)16(15(7-10)19-3)14-5-4-13(17)8-12(14)9-18/h4-9H,1-3H3. The van der Waals surface area contributed by atoms with Crippen LogP contribution in [0.5, 0.6) is 5.75 Å². The maximum Gasteiger partial charge on any atom is 0.150 e. The topological polar surface area (TPSA) is 26.3 Å². The molecule has 2 nitrogen and oxygen atoms in total. The molecule has 2 rings (SSSR count). The summed E-state index contributed by atoms with van der Waals surface area (Å²) in [5.41, 5.74) is 4.54. The first-order chi connectivity index (χ1) is 9.06. The number of ether oxygens (including phenoxy) is 1. The minimum Gasteiger partial charge on any atom is -0.496 e. The van der Waals surface area contributed by atoms with Crippen LogP contribution in [-0.4, -0.2) is 13.4 Å². The van der Waals surface area contributed by atoms with Crippen LogP contribution in [0.1, 0.15) is 21.5 Å². The second-order valence-electron chi connectivity index (χ2n) is 4.51. The van der Waals surface area contributed by atoms with E-state index in [0.717, 1.165) is 34.3 Å². The summed E-state index contributed by atoms with van der Waals surface area (Å²) in [5.74, 6) is 0.767. The van der Waals surface area contributed by atoms with Crippen LogP contribution in [0.4, 0.5) is 0 Å². The quantitative estimate of drug-likeness (QED) is 0.773. The summed E-state index contributed by atoms with van der Waals surface area (Å²) in [5, 5.41) is 0.551. The van der Waals surface area contributed by atoms with Gasteiger partial charge in [0.25, 0.3) is 0 Å². The van der Waals surface area contributed by atoms with Crippen molar-refractivity contribution in [3.05, 3.63) is 52.0 Å². The molecule has 0 aliphatic carbocycles. The van der Waals surface area contributed by atoms with Crippen molar-refractivity contribution in [3.8, 4) is 16.9 Å². The third-order valence-electron chi connectivity index (χ3n) is 3.07. The molecule has 19 heavy (non-hydrogen) atoms. The number of aldehydes is 1. The molecule has 3 heteroatoms. The normalized spacial score (nSPS) is 10.3. The monoisotopic (exact) mass is 274 g/mol. The SMILES string of the molecule is COc1cc(C)cc(C)c1-c1ccc(Cl)cc1C=O. The number of halogens is 1. The molecule has 0 aromatic heterocycles. The highest BCUT2D eigenvalue weighted by atomic mass is 35.5. The molecule has 0 saturated carbocycles. The number of benzene rings is 2. The van der Waals surface area contributed by atoms with Crippen LogP contribution in [0.25, 0.3) is 11.1 Å². The van der Waals surface area contributed by atoms with Gasteiger partial charge in [0.15, 0.2) is 6.29 Å². The van der Waals surface area contributed by atoms with Gasteiger partial charge in [-0.05, 0) is 48.7 Å². The number of carbonyl (C=O) groups is 1. The smallest absolute Gasteiger partial charge is 0.150 e. The van der Waals surface area contributed by atoms with E-state index in [0.29, 0.717) is 10.6 Å². The molecule has 2 aromatic rings. The summed E-state index contributed by atoms with van der Waals surface area (Å²) >= 11 is 5.93. The lowest BCUT2D eigenvalue weighted by molar-refractivity contribution is 0.112. The highest BCUT2D eigenvalue weighted by Crippen LogP contribution is 2.36. The zero-order valence-corrected chi connectivity index (χ0v) is 11.9. The first-order valence-corrected chi connectivity index (χ1v) is 6.35. The minimum atomic E-state index is 0.551. The summed E-state index contributed by atoms with van der Waals surface area (Å²) in [7, 11) is 1.63. The fourth-order valence-electron chi connectivity index (χ4n) is 2.29. The maximum absolute atomic E-state index is 11.2. The van der Waals surface area contributed by atoms with Crippen LogP contribution in [0.2, 0.25) is 5.02 Å². The molecule has 0 aliphatic heterocycles. The Bertz CT molecular complexity index is 633. The van der Waals surface area contributed by atoms with Gasteiger partial charge in [-0.25, -0.2) is 0 Å². The highest BCUT2D eigenvalue weighted by Gasteiger charge is 2.14. The van der Waals surface area contributed by atoms with Crippen molar-refractivity contribution < 1.29 is 9.53 Å². The van der Waals surface area contributed by atoms with E-state index in [-0.39, 0.29) is 0 Å². The zero-order valence-electron chi connectivity index (χ0n) is 11.2. The molecule has 0 spiro atoms. The lowest BCUT2D eigenvalue weighted by Gasteiger charge is -2.15. The van der Waals surface area contributed by atoms with E-state index in [1.54, 1.807) is 19.2 Å². The van der Waals surface area contributed by atoms with E-state index in [9.17, 15) is 4.79 Å². The Morgan fingerprint density at radius 2 is 1.89 bits per heavy atom. The highest BCUT2D eigenvalue weighted by molar-refractivity contribution is 6.31. The summed E-state index contributed by atoms with van der Waals surface area (Å²) in [6.07, 6.45) is 0.819. The number of rotatable bonds is 3. The number of hydrogen-bond donors (Lipinski definition) is 0. The average Bonchev–Trinajstić information content (AvgIpc) is 2.38. The molecular formula is C16H15ClO2. The van der Waals surface area contributed by atoms with Gasteiger partial charge in [0.2, 0.25) is 0 Å². The second-order valence-corrected chi connectivity index (χ2v) is 4.94. The Hall–Kier alpha value is -1.80.